The molecule has 0 N–H and O–H groups in total. The lowest BCUT2D eigenvalue weighted by atomic mass is 9.72. The molecule has 1 aromatic rings. The summed E-state index contributed by atoms with van der Waals surface area (Å²) in [5.41, 5.74) is 0.123. The van der Waals surface area contributed by atoms with Crippen LogP contribution in [0.15, 0.2) is 24.5 Å². The predicted octanol–water partition coefficient (Wildman–Crippen LogP) is 2.76. The summed E-state index contributed by atoms with van der Waals surface area (Å²) in [7, 11) is 0. The Labute approximate surface area is 150 Å². The van der Waals surface area contributed by atoms with Crippen molar-refractivity contribution >= 4 is 0 Å². The van der Waals surface area contributed by atoms with Crippen LogP contribution < -0.4 is 4.74 Å². The molecule has 25 heavy (non-hydrogen) atoms. The van der Waals surface area contributed by atoms with Crippen LogP contribution in [0.25, 0.3) is 0 Å². The maximum atomic E-state index is 6.17. The monoisotopic (exact) mass is 346 g/mol. The second-order valence-electron chi connectivity index (χ2n) is 7.88. The number of fused-ring (bicyclic) bond motifs is 1. The summed E-state index contributed by atoms with van der Waals surface area (Å²) >= 11 is 0. The second kappa shape index (κ2) is 8.02. The van der Waals surface area contributed by atoms with E-state index in [9.17, 15) is 0 Å². The van der Waals surface area contributed by atoms with E-state index in [0.717, 1.165) is 64.0 Å². The Balaban J connectivity index is 1.41. The number of pyridine rings is 1. The Morgan fingerprint density at radius 2 is 2.16 bits per heavy atom. The van der Waals surface area contributed by atoms with Crippen molar-refractivity contribution in [3.8, 4) is 5.75 Å². The molecule has 0 amide bonds. The molecule has 3 aliphatic heterocycles. The van der Waals surface area contributed by atoms with E-state index in [0.29, 0.717) is 6.10 Å². The molecular weight excluding hydrogens is 316 g/mol. The summed E-state index contributed by atoms with van der Waals surface area (Å²) in [6, 6.07) is 3.92. The minimum Gasteiger partial charge on any atom is -0.491 e. The highest BCUT2D eigenvalue weighted by Gasteiger charge is 2.46. The van der Waals surface area contributed by atoms with Gasteiger partial charge in [0.1, 0.15) is 5.75 Å². The number of ether oxygens (including phenoxy) is 3. The summed E-state index contributed by atoms with van der Waals surface area (Å²) in [6.45, 7) is 6.93. The molecule has 3 saturated heterocycles. The van der Waals surface area contributed by atoms with E-state index in [-0.39, 0.29) is 5.41 Å². The first kappa shape index (κ1) is 17.3. The molecule has 0 radical (unpaired) electrons. The van der Waals surface area contributed by atoms with Crippen LogP contribution in [0.5, 0.6) is 5.75 Å². The second-order valence-corrected chi connectivity index (χ2v) is 7.88. The van der Waals surface area contributed by atoms with Gasteiger partial charge in [-0.2, -0.15) is 0 Å². The van der Waals surface area contributed by atoms with Gasteiger partial charge in [-0.1, -0.05) is 0 Å². The van der Waals surface area contributed by atoms with Gasteiger partial charge in [0.05, 0.1) is 18.9 Å². The third-order valence-electron chi connectivity index (χ3n) is 6.09. The highest BCUT2D eigenvalue weighted by atomic mass is 16.5. The zero-order valence-corrected chi connectivity index (χ0v) is 15.1. The molecule has 0 unspecified atom stereocenters. The van der Waals surface area contributed by atoms with E-state index in [4.69, 9.17) is 14.2 Å². The normalized spacial score (nSPS) is 31.4. The fourth-order valence-electron chi connectivity index (χ4n) is 4.70. The molecule has 5 heteroatoms. The highest BCUT2D eigenvalue weighted by Crippen LogP contribution is 2.41. The smallest absolute Gasteiger partial charge is 0.137 e. The number of nitrogens with zero attached hydrogens (tertiary/aromatic N) is 2. The zero-order chi connectivity index (χ0) is 17.0. The molecule has 4 rings (SSSR count). The van der Waals surface area contributed by atoms with Gasteiger partial charge in [-0.15, -0.1) is 0 Å². The van der Waals surface area contributed by atoms with E-state index in [2.05, 4.69) is 9.88 Å². The lowest BCUT2D eigenvalue weighted by Gasteiger charge is -2.50. The number of hydrogen-bond acceptors (Lipinski definition) is 5. The van der Waals surface area contributed by atoms with Crippen LogP contribution >= 0.6 is 0 Å². The third kappa shape index (κ3) is 4.15. The van der Waals surface area contributed by atoms with Gasteiger partial charge in [0.25, 0.3) is 0 Å². The SMILES string of the molecule is c1cncc(OC[C@]23CCCO[C@@H]2CCN(CC2CCOCC2)C3)c1. The van der Waals surface area contributed by atoms with Crippen molar-refractivity contribution in [2.75, 3.05) is 46.1 Å². The molecule has 0 aromatic carbocycles. The minimum atomic E-state index is 0.123. The molecular formula is C20H30N2O3. The average Bonchev–Trinajstić information content (AvgIpc) is 2.68. The van der Waals surface area contributed by atoms with Gasteiger partial charge in [0.2, 0.25) is 0 Å². The van der Waals surface area contributed by atoms with Crippen LogP contribution in [-0.2, 0) is 9.47 Å². The molecule has 3 aliphatic rings. The molecule has 5 nitrogen and oxygen atoms in total. The number of aromatic nitrogens is 1. The predicted molar refractivity (Wildman–Crippen MR) is 95.7 cm³/mol. The molecule has 0 spiro atoms. The van der Waals surface area contributed by atoms with Crippen molar-refractivity contribution in [2.24, 2.45) is 11.3 Å². The molecule has 0 saturated carbocycles. The Morgan fingerprint density at radius 3 is 3.00 bits per heavy atom. The fraction of sp³-hybridized carbons (Fsp3) is 0.750. The van der Waals surface area contributed by atoms with Crippen molar-refractivity contribution in [2.45, 2.75) is 38.2 Å². The van der Waals surface area contributed by atoms with Gasteiger partial charge >= 0.3 is 0 Å². The van der Waals surface area contributed by atoms with Crippen molar-refractivity contribution in [3.63, 3.8) is 0 Å². The topological polar surface area (TPSA) is 43.8 Å². The zero-order valence-electron chi connectivity index (χ0n) is 15.1. The van der Waals surface area contributed by atoms with Crippen LogP contribution in [0.2, 0.25) is 0 Å². The van der Waals surface area contributed by atoms with Gasteiger partial charge in [-0.3, -0.25) is 4.98 Å². The number of likely N-dealkylation sites (tertiary alicyclic amines) is 1. The van der Waals surface area contributed by atoms with Gasteiger partial charge in [0, 0.05) is 51.1 Å². The van der Waals surface area contributed by atoms with Gasteiger partial charge < -0.3 is 19.1 Å². The Bertz CT molecular complexity index is 535. The first-order chi connectivity index (χ1) is 12.3. The third-order valence-corrected chi connectivity index (χ3v) is 6.09. The maximum Gasteiger partial charge on any atom is 0.137 e. The molecule has 3 fully saturated rings. The molecule has 138 valence electrons. The van der Waals surface area contributed by atoms with Crippen molar-refractivity contribution in [3.05, 3.63) is 24.5 Å². The first-order valence-corrected chi connectivity index (χ1v) is 9.79. The van der Waals surface area contributed by atoms with E-state index in [1.165, 1.54) is 25.8 Å². The van der Waals surface area contributed by atoms with Crippen LogP contribution in [0, 0.1) is 11.3 Å². The largest absolute Gasteiger partial charge is 0.491 e. The van der Waals surface area contributed by atoms with Crippen LogP contribution in [0.3, 0.4) is 0 Å². The minimum absolute atomic E-state index is 0.123. The van der Waals surface area contributed by atoms with E-state index < -0.39 is 0 Å². The fourth-order valence-corrected chi connectivity index (χ4v) is 4.70. The molecule has 1 aromatic heterocycles. The van der Waals surface area contributed by atoms with Crippen molar-refractivity contribution in [1.29, 1.82) is 0 Å². The van der Waals surface area contributed by atoms with E-state index in [1.807, 2.05) is 12.1 Å². The number of piperidine rings is 1. The summed E-state index contributed by atoms with van der Waals surface area (Å²) < 4.78 is 17.8. The highest BCUT2D eigenvalue weighted by molar-refractivity contribution is 5.16. The van der Waals surface area contributed by atoms with Gasteiger partial charge in [-0.05, 0) is 50.2 Å². The molecule has 4 heterocycles. The summed E-state index contributed by atoms with van der Waals surface area (Å²) in [5.74, 6) is 1.65. The average molecular weight is 346 g/mol. The standard InChI is InChI=1S/C20H30N2O3/c1-3-18(13-21-8-1)25-16-20-7-2-10-24-19(20)4-9-22(15-20)14-17-5-11-23-12-6-17/h1,3,8,13,17,19H,2,4-7,9-12,14-16H2/t19-,20-/m1/s1. The van der Waals surface area contributed by atoms with E-state index in [1.54, 1.807) is 12.4 Å². The summed E-state index contributed by atoms with van der Waals surface area (Å²) in [5, 5.41) is 0. The van der Waals surface area contributed by atoms with Crippen molar-refractivity contribution < 1.29 is 14.2 Å². The molecule has 0 aliphatic carbocycles. The van der Waals surface area contributed by atoms with Crippen LogP contribution in [0.4, 0.5) is 0 Å². The van der Waals surface area contributed by atoms with Gasteiger partial charge in [0.15, 0.2) is 0 Å². The number of hydrogen-bond donors (Lipinski definition) is 0. The lowest BCUT2D eigenvalue weighted by Crippen LogP contribution is -2.58. The summed E-state index contributed by atoms with van der Waals surface area (Å²) in [4.78, 5) is 6.82. The molecule has 2 atom stereocenters. The summed E-state index contributed by atoms with van der Waals surface area (Å²) in [6.07, 6.45) is 9.79. The Hall–Kier alpha value is -1.17. The quantitative estimate of drug-likeness (QED) is 0.820. The van der Waals surface area contributed by atoms with Gasteiger partial charge in [-0.25, -0.2) is 0 Å². The maximum absolute atomic E-state index is 6.17. The molecule has 0 bridgehead atoms. The Morgan fingerprint density at radius 1 is 1.24 bits per heavy atom. The Kier molecular flexibility index (Phi) is 5.54. The van der Waals surface area contributed by atoms with E-state index >= 15 is 0 Å². The lowest BCUT2D eigenvalue weighted by molar-refractivity contribution is -0.142. The van der Waals surface area contributed by atoms with Crippen molar-refractivity contribution in [1.82, 2.24) is 9.88 Å². The number of rotatable bonds is 5. The van der Waals surface area contributed by atoms with Crippen LogP contribution in [0.1, 0.15) is 32.1 Å². The van der Waals surface area contributed by atoms with Crippen LogP contribution in [-0.4, -0.2) is 62.0 Å². The first-order valence-electron chi connectivity index (χ1n) is 9.79.